The summed E-state index contributed by atoms with van der Waals surface area (Å²) in [5.74, 6) is 0.307. The molecule has 0 bridgehead atoms. The largest absolute Gasteiger partial charge is 0.508 e. The summed E-state index contributed by atoms with van der Waals surface area (Å²) < 4.78 is 0. The van der Waals surface area contributed by atoms with Crippen LogP contribution in [0.3, 0.4) is 0 Å². The number of hydrogen-bond donors (Lipinski definition) is 2. The molecule has 0 atom stereocenters. The molecule has 0 aliphatic carbocycles. The van der Waals surface area contributed by atoms with Crippen LogP contribution < -0.4 is 10.2 Å². The van der Waals surface area contributed by atoms with Gasteiger partial charge in [0.25, 0.3) is 0 Å². The van der Waals surface area contributed by atoms with Crippen LogP contribution in [0.25, 0.3) is 0 Å². The zero-order chi connectivity index (χ0) is 19.4. The maximum atomic E-state index is 12.4. The molecule has 1 amide bonds. The highest BCUT2D eigenvalue weighted by Gasteiger charge is 2.19. The van der Waals surface area contributed by atoms with Crippen molar-refractivity contribution in [1.29, 1.82) is 0 Å². The van der Waals surface area contributed by atoms with Gasteiger partial charge in [-0.3, -0.25) is 9.69 Å². The summed E-state index contributed by atoms with van der Waals surface area (Å²) in [5, 5.41) is 12.4. The zero-order valence-corrected chi connectivity index (χ0v) is 16.4. The molecule has 5 heteroatoms. The lowest BCUT2D eigenvalue weighted by Crippen LogP contribution is -2.48. The molecule has 0 radical (unpaired) electrons. The molecule has 0 unspecified atom stereocenters. The third-order valence-corrected chi connectivity index (χ3v) is 4.99. The van der Waals surface area contributed by atoms with E-state index in [9.17, 15) is 9.90 Å². The summed E-state index contributed by atoms with van der Waals surface area (Å²) >= 11 is 0. The molecule has 5 nitrogen and oxygen atoms in total. The molecule has 1 saturated heterocycles. The Balaban J connectivity index is 1.47. The van der Waals surface area contributed by atoms with Crippen LogP contribution in [0.15, 0.2) is 48.5 Å². The van der Waals surface area contributed by atoms with Crippen LogP contribution in [-0.2, 0) is 10.2 Å². The number of nitrogens with zero attached hydrogens (tertiary/aromatic N) is 2. The predicted molar refractivity (Wildman–Crippen MR) is 111 cm³/mol. The minimum Gasteiger partial charge on any atom is -0.508 e. The number of amides is 1. The zero-order valence-electron chi connectivity index (χ0n) is 16.4. The molecule has 144 valence electrons. The second-order valence-electron chi connectivity index (χ2n) is 8.16. The molecule has 2 aromatic carbocycles. The summed E-state index contributed by atoms with van der Waals surface area (Å²) in [4.78, 5) is 16.8. The monoisotopic (exact) mass is 367 g/mol. The number of hydrogen-bond acceptors (Lipinski definition) is 4. The van der Waals surface area contributed by atoms with Crippen molar-refractivity contribution in [2.24, 2.45) is 0 Å². The van der Waals surface area contributed by atoms with Crippen molar-refractivity contribution < 1.29 is 9.90 Å². The number of aromatic hydroxyl groups is 1. The van der Waals surface area contributed by atoms with Crippen LogP contribution in [-0.4, -0.2) is 48.6 Å². The number of rotatable bonds is 4. The number of benzene rings is 2. The smallest absolute Gasteiger partial charge is 0.238 e. The second kappa shape index (κ2) is 8.01. The SMILES string of the molecule is CC(C)(C)c1ccc(NC(=O)CN2CCN(c3ccc(O)cc3)CC2)cc1. The molecular formula is C22H29N3O2. The minimum atomic E-state index is 0.0246. The van der Waals surface area contributed by atoms with Gasteiger partial charge in [-0.15, -0.1) is 0 Å². The molecule has 0 spiro atoms. The van der Waals surface area contributed by atoms with Gasteiger partial charge in [0.2, 0.25) is 5.91 Å². The fourth-order valence-corrected chi connectivity index (χ4v) is 3.28. The van der Waals surface area contributed by atoms with Gasteiger partial charge in [0, 0.05) is 37.6 Å². The average molecular weight is 367 g/mol. The number of nitrogens with one attached hydrogen (secondary N) is 1. The van der Waals surface area contributed by atoms with E-state index in [2.05, 4.69) is 48.0 Å². The number of carbonyl (C=O) groups is 1. The van der Waals surface area contributed by atoms with Crippen molar-refractivity contribution in [3.05, 3.63) is 54.1 Å². The van der Waals surface area contributed by atoms with Gasteiger partial charge in [-0.25, -0.2) is 0 Å². The van der Waals surface area contributed by atoms with Crippen LogP contribution in [0.5, 0.6) is 5.75 Å². The van der Waals surface area contributed by atoms with Crippen LogP contribution in [0, 0.1) is 0 Å². The van der Waals surface area contributed by atoms with Crippen molar-refractivity contribution in [3.8, 4) is 5.75 Å². The van der Waals surface area contributed by atoms with Gasteiger partial charge in [0.05, 0.1) is 6.54 Å². The Morgan fingerprint density at radius 3 is 2.11 bits per heavy atom. The van der Waals surface area contributed by atoms with Gasteiger partial charge >= 0.3 is 0 Å². The summed E-state index contributed by atoms with van der Waals surface area (Å²) in [6.07, 6.45) is 0. The van der Waals surface area contributed by atoms with E-state index in [0.717, 1.165) is 37.6 Å². The van der Waals surface area contributed by atoms with Crippen molar-refractivity contribution in [2.45, 2.75) is 26.2 Å². The lowest BCUT2D eigenvalue weighted by Gasteiger charge is -2.35. The van der Waals surface area contributed by atoms with E-state index in [1.54, 1.807) is 12.1 Å². The maximum Gasteiger partial charge on any atom is 0.238 e. The molecule has 2 N–H and O–H groups in total. The molecule has 1 aliphatic rings. The van der Waals surface area contributed by atoms with Gasteiger partial charge in [0.1, 0.15) is 5.75 Å². The first-order valence-electron chi connectivity index (χ1n) is 9.48. The summed E-state index contributed by atoms with van der Waals surface area (Å²) in [5.41, 5.74) is 3.32. The molecule has 27 heavy (non-hydrogen) atoms. The minimum absolute atomic E-state index is 0.0246. The molecule has 1 fully saturated rings. The summed E-state index contributed by atoms with van der Waals surface area (Å²) in [6, 6.07) is 15.4. The summed E-state index contributed by atoms with van der Waals surface area (Å²) in [6.45, 7) is 10.4. The summed E-state index contributed by atoms with van der Waals surface area (Å²) in [7, 11) is 0. The molecule has 0 aromatic heterocycles. The highest BCUT2D eigenvalue weighted by Crippen LogP contribution is 2.23. The lowest BCUT2D eigenvalue weighted by atomic mass is 9.87. The topological polar surface area (TPSA) is 55.8 Å². The van der Waals surface area contributed by atoms with Crippen LogP contribution in [0.2, 0.25) is 0 Å². The number of piperazine rings is 1. The molecule has 1 heterocycles. The van der Waals surface area contributed by atoms with E-state index < -0.39 is 0 Å². The van der Waals surface area contributed by atoms with Gasteiger partial charge < -0.3 is 15.3 Å². The normalized spacial score (nSPS) is 15.6. The van der Waals surface area contributed by atoms with E-state index in [-0.39, 0.29) is 17.1 Å². The Hall–Kier alpha value is -2.53. The van der Waals surface area contributed by atoms with E-state index in [0.29, 0.717) is 6.54 Å². The highest BCUT2D eigenvalue weighted by atomic mass is 16.3. The van der Waals surface area contributed by atoms with Crippen molar-refractivity contribution in [3.63, 3.8) is 0 Å². The molecule has 0 saturated carbocycles. The van der Waals surface area contributed by atoms with Gasteiger partial charge in [-0.2, -0.15) is 0 Å². The van der Waals surface area contributed by atoms with Crippen LogP contribution in [0.1, 0.15) is 26.3 Å². The molecular weight excluding hydrogens is 338 g/mol. The number of carbonyl (C=O) groups excluding carboxylic acids is 1. The third kappa shape index (κ3) is 5.23. The van der Waals surface area contributed by atoms with E-state index in [4.69, 9.17) is 0 Å². The predicted octanol–water partition coefficient (Wildman–Crippen LogP) is 3.45. The third-order valence-electron chi connectivity index (χ3n) is 4.99. The Kier molecular flexibility index (Phi) is 5.71. The average Bonchev–Trinajstić information content (AvgIpc) is 2.63. The van der Waals surface area contributed by atoms with Crippen LogP contribution in [0.4, 0.5) is 11.4 Å². The highest BCUT2D eigenvalue weighted by molar-refractivity contribution is 5.92. The molecule has 2 aromatic rings. The number of phenols is 1. The Bertz CT molecular complexity index is 756. The van der Waals surface area contributed by atoms with Gasteiger partial charge in [-0.05, 0) is 47.4 Å². The fourth-order valence-electron chi connectivity index (χ4n) is 3.28. The standard InChI is InChI=1S/C22H29N3O2/c1-22(2,3)17-4-6-18(7-5-17)23-21(27)16-24-12-14-25(15-13-24)19-8-10-20(26)11-9-19/h4-11,26H,12-16H2,1-3H3,(H,23,27). The van der Waals surface area contributed by atoms with Gasteiger partial charge in [-0.1, -0.05) is 32.9 Å². The van der Waals surface area contributed by atoms with E-state index in [1.165, 1.54) is 5.56 Å². The van der Waals surface area contributed by atoms with E-state index >= 15 is 0 Å². The van der Waals surface area contributed by atoms with Crippen molar-refractivity contribution >= 4 is 17.3 Å². The first-order valence-corrected chi connectivity index (χ1v) is 9.48. The van der Waals surface area contributed by atoms with Crippen molar-refractivity contribution in [1.82, 2.24) is 4.90 Å². The Morgan fingerprint density at radius 2 is 1.56 bits per heavy atom. The number of anilines is 2. The Labute approximate surface area is 161 Å². The van der Waals surface area contributed by atoms with E-state index in [1.807, 2.05) is 24.3 Å². The fraction of sp³-hybridized carbons (Fsp3) is 0.409. The maximum absolute atomic E-state index is 12.4. The molecule has 1 aliphatic heterocycles. The van der Waals surface area contributed by atoms with Crippen molar-refractivity contribution in [2.75, 3.05) is 42.9 Å². The molecule has 3 rings (SSSR count). The van der Waals surface area contributed by atoms with Gasteiger partial charge in [0.15, 0.2) is 0 Å². The lowest BCUT2D eigenvalue weighted by molar-refractivity contribution is -0.117. The Morgan fingerprint density at radius 1 is 0.963 bits per heavy atom. The second-order valence-corrected chi connectivity index (χ2v) is 8.16. The quantitative estimate of drug-likeness (QED) is 0.869. The number of phenolic OH excluding ortho intramolecular Hbond substituents is 1. The van der Waals surface area contributed by atoms with Crippen LogP contribution >= 0.6 is 0 Å². The first kappa shape index (κ1) is 19.2. The first-order chi connectivity index (χ1) is 12.8.